The summed E-state index contributed by atoms with van der Waals surface area (Å²) in [7, 11) is 0. The van der Waals surface area contributed by atoms with Crippen molar-refractivity contribution in [1.82, 2.24) is 15.0 Å². The van der Waals surface area contributed by atoms with Crippen molar-refractivity contribution >= 4 is 15.9 Å². The minimum atomic E-state index is 0.110. The van der Waals surface area contributed by atoms with Crippen LogP contribution in [0.3, 0.4) is 0 Å². The summed E-state index contributed by atoms with van der Waals surface area (Å²) in [5.74, 6) is 1.26. The number of nitrogens with zero attached hydrogens (tertiary/aromatic N) is 3. The first-order chi connectivity index (χ1) is 12.7. The topological polar surface area (TPSA) is 62.4 Å². The van der Waals surface area contributed by atoms with Crippen molar-refractivity contribution in [3.63, 3.8) is 0 Å². The largest absolute Gasteiger partial charge is 0.395 e. The molecule has 6 heteroatoms. The fourth-order valence-corrected chi connectivity index (χ4v) is 3.01. The Morgan fingerprint density at radius 3 is 2.46 bits per heavy atom. The quantitative estimate of drug-likeness (QED) is 0.579. The highest BCUT2D eigenvalue weighted by atomic mass is 79.9. The molecule has 0 aliphatic rings. The molecule has 2 aromatic carbocycles. The number of rotatable bonds is 9. The number of hydrogen-bond donors (Lipinski definition) is 1. The maximum atomic E-state index is 9.32. The number of hydrogen-bond acceptors (Lipinski definition) is 5. The molecule has 0 unspecified atom stereocenters. The summed E-state index contributed by atoms with van der Waals surface area (Å²) in [6.07, 6.45) is 1.54. The highest BCUT2D eigenvalue weighted by Crippen LogP contribution is 2.14. The summed E-state index contributed by atoms with van der Waals surface area (Å²) in [6, 6.07) is 18.4. The maximum absolute atomic E-state index is 9.32. The van der Waals surface area contributed by atoms with Gasteiger partial charge in [0.1, 0.15) is 0 Å². The van der Waals surface area contributed by atoms with E-state index in [1.54, 1.807) is 0 Å². The van der Waals surface area contributed by atoms with E-state index >= 15 is 0 Å². The Morgan fingerprint density at radius 2 is 1.73 bits per heavy atom. The van der Waals surface area contributed by atoms with Crippen molar-refractivity contribution in [2.24, 2.45) is 0 Å². The standard InChI is InChI=1S/C20H22BrN3O2/c21-18-8-6-17(7-9-18)14-20-22-19(23-26-20)15-24(12-13-25)11-10-16-4-2-1-3-5-16/h1-9,25H,10-15H2. The van der Waals surface area contributed by atoms with Crippen LogP contribution in [0.1, 0.15) is 22.8 Å². The second-order valence-electron chi connectivity index (χ2n) is 6.14. The minimum absolute atomic E-state index is 0.110. The van der Waals surface area contributed by atoms with Gasteiger partial charge in [-0.05, 0) is 29.7 Å². The van der Waals surface area contributed by atoms with E-state index in [-0.39, 0.29) is 6.61 Å². The molecule has 0 spiro atoms. The number of aliphatic hydroxyl groups excluding tert-OH is 1. The summed E-state index contributed by atoms with van der Waals surface area (Å²) in [5, 5.41) is 13.4. The lowest BCUT2D eigenvalue weighted by atomic mass is 10.1. The molecule has 0 radical (unpaired) electrons. The summed E-state index contributed by atoms with van der Waals surface area (Å²) < 4.78 is 6.43. The Kier molecular flexibility index (Phi) is 6.94. The summed E-state index contributed by atoms with van der Waals surface area (Å²) >= 11 is 3.43. The maximum Gasteiger partial charge on any atom is 0.231 e. The van der Waals surface area contributed by atoms with Gasteiger partial charge in [0.15, 0.2) is 5.82 Å². The molecule has 0 fully saturated rings. The first-order valence-corrected chi connectivity index (χ1v) is 9.45. The van der Waals surface area contributed by atoms with Gasteiger partial charge in [0.05, 0.1) is 19.6 Å². The Balaban J connectivity index is 1.57. The van der Waals surface area contributed by atoms with Crippen LogP contribution < -0.4 is 0 Å². The van der Waals surface area contributed by atoms with Crippen molar-refractivity contribution in [2.45, 2.75) is 19.4 Å². The molecule has 0 saturated carbocycles. The average Bonchev–Trinajstić information content (AvgIpc) is 3.09. The highest BCUT2D eigenvalue weighted by molar-refractivity contribution is 9.10. The molecule has 0 bridgehead atoms. The van der Waals surface area contributed by atoms with Crippen LogP contribution in [0.2, 0.25) is 0 Å². The monoisotopic (exact) mass is 415 g/mol. The van der Waals surface area contributed by atoms with Gasteiger partial charge in [-0.25, -0.2) is 0 Å². The van der Waals surface area contributed by atoms with Crippen LogP contribution in [-0.2, 0) is 19.4 Å². The van der Waals surface area contributed by atoms with Crippen LogP contribution in [0.5, 0.6) is 0 Å². The number of benzene rings is 2. The molecule has 1 N–H and O–H groups in total. The van der Waals surface area contributed by atoms with E-state index < -0.39 is 0 Å². The van der Waals surface area contributed by atoms with Crippen LogP contribution in [0.25, 0.3) is 0 Å². The third-order valence-corrected chi connectivity index (χ3v) is 4.65. The van der Waals surface area contributed by atoms with Crippen LogP contribution >= 0.6 is 15.9 Å². The van der Waals surface area contributed by atoms with E-state index in [2.05, 4.69) is 43.1 Å². The Bertz CT molecular complexity index is 790. The van der Waals surface area contributed by atoms with E-state index in [0.29, 0.717) is 31.2 Å². The number of aliphatic hydroxyl groups is 1. The van der Waals surface area contributed by atoms with Gasteiger partial charge in [-0.3, -0.25) is 4.90 Å². The predicted molar refractivity (Wildman–Crippen MR) is 104 cm³/mol. The lowest BCUT2D eigenvalue weighted by Gasteiger charge is -2.19. The zero-order chi connectivity index (χ0) is 18.2. The molecule has 3 rings (SSSR count). The van der Waals surface area contributed by atoms with Gasteiger partial charge in [0, 0.05) is 17.6 Å². The van der Waals surface area contributed by atoms with Gasteiger partial charge in [0.25, 0.3) is 0 Å². The first-order valence-electron chi connectivity index (χ1n) is 8.66. The van der Waals surface area contributed by atoms with Gasteiger partial charge in [-0.1, -0.05) is 63.6 Å². The molecule has 0 aliphatic heterocycles. The van der Waals surface area contributed by atoms with E-state index in [4.69, 9.17) is 4.52 Å². The average molecular weight is 416 g/mol. The van der Waals surface area contributed by atoms with E-state index in [0.717, 1.165) is 23.0 Å². The fourth-order valence-electron chi connectivity index (χ4n) is 2.75. The first kappa shape index (κ1) is 18.8. The summed E-state index contributed by atoms with van der Waals surface area (Å²) in [5.41, 5.74) is 2.40. The number of halogens is 1. The van der Waals surface area contributed by atoms with Crippen LogP contribution in [0.15, 0.2) is 63.6 Å². The summed E-state index contributed by atoms with van der Waals surface area (Å²) in [4.78, 5) is 6.63. The van der Waals surface area contributed by atoms with Crippen molar-refractivity contribution in [2.75, 3.05) is 19.7 Å². The second-order valence-corrected chi connectivity index (χ2v) is 7.06. The predicted octanol–water partition coefficient (Wildman–Crippen LogP) is 3.46. The van der Waals surface area contributed by atoms with Gasteiger partial charge >= 0.3 is 0 Å². The van der Waals surface area contributed by atoms with E-state index in [9.17, 15) is 5.11 Å². The number of aromatic nitrogens is 2. The molecule has 0 saturated heterocycles. The van der Waals surface area contributed by atoms with Crippen molar-refractivity contribution < 1.29 is 9.63 Å². The molecular weight excluding hydrogens is 394 g/mol. The van der Waals surface area contributed by atoms with Gasteiger partial charge in [-0.2, -0.15) is 4.98 Å². The lowest BCUT2D eigenvalue weighted by Crippen LogP contribution is -2.29. The second kappa shape index (κ2) is 9.62. The minimum Gasteiger partial charge on any atom is -0.395 e. The SMILES string of the molecule is OCCN(CCc1ccccc1)Cc1noc(Cc2ccc(Br)cc2)n1. The third kappa shape index (κ3) is 5.76. The normalized spacial score (nSPS) is 11.2. The van der Waals surface area contributed by atoms with Crippen molar-refractivity contribution in [3.8, 4) is 0 Å². The van der Waals surface area contributed by atoms with E-state index in [1.807, 2.05) is 42.5 Å². The zero-order valence-corrected chi connectivity index (χ0v) is 16.1. The molecule has 1 heterocycles. The Hall–Kier alpha value is -2.02. The van der Waals surface area contributed by atoms with Gasteiger partial charge in [-0.15, -0.1) is 0 Å². The highest BCUT2D eigenvalue weighted by Gasteiger charge is 2.12. The smallest absolute Gasteiger partial charge is 0.231 e. The Morgan fingerprint density at radius 1 is 0.962 bits per heavy atom. The third-order valence-electron chi connectivity index (χ3n) is 4.12. The van der Waals surface area contributed by atoms with Gasteiger partial charge in [0.2, 0.25) is 5.89 Å². The molecule has 26 heavy (non-hydrogen) atoms. The van der Waals surface area contributed by atoms with E-state index in [1.165, 1.54) is 5.56 Å². The molecule has 0 aliphatic carbocycles. The molecule has 136 valence electrons. The fraction of sp³-hybridized carbons (Fsp3) is 0.300. The molecule has 5 nitrogen and oxygen atoms in total. The Labute approximate surface area is 161 Å². The molecule has 3 aromatic rings. The van der Waals surface area contributed by atoms with Crippen molar-refractivity contribution in [3.05, 3.63) is 81.9 Å². The molecule has 1 aromatic heterocycles. The van der Waals surface area contributed by atoms with Crippen LogP contribution in [0, 0.1) is 0 Å². The summed E-state index contributed by atoms with van der Waals surface area (Å²) in [6.45, 7) is 2.10. The van der Waals surface area contributed by atoms with Crippen LogP contribution in [-0.4, -0.2) is 39.8 Å². The zero-order valence-electron chi connectivity index (χ0n) is 14.5. The molecule has 0 amide bonds. The molecule has 0 atom stereocenters. The lowest BCUT2D eigenvalue weighted by molar-refractivity contribution is 0.187. The van der Waals surface area contributed by atoms with Crippen molar-refractivity contribution in [1.29, 1.82) is 0 Å². The van der Waals surface area contributed by atoms with Crippen LogP contribution in [0.4, 0.5) is 0 Å². The van der Waals surface area contributed by atoms with Gasteiger partial charge < -0.3 is 9.63 Å². The molecular formula is C20H22BrN3O2.